The number of benzene rings is 2. The molecule has 1 atom stereocenters. The van der Waals surface area contributed by atoms with E-state index in [-0.39, 0.29) is 18.3 Å². The maximum Gasteiger partial charge on any atom is 0.338 e. The van der Waals surface area contributed by atoms with Gasteiger partial charge in [-0.05, 0) is 85.7 Å². The standard InChI is InChI=1S/C27H26ClIN2O5S/c1-6-35-26(33)22-15(4)30-27-31(23(22)17-9-7-8-10-18(17)28)25(32)21(37-27)13-16-11-19(29)24(36-14(2)3)20(12-16)34-5/h7-14,23H,6H2,1-5H3/b21-13-/t23-/m1/s1. The summed E-state index contributed by atoms with van der Waals surface area (Å²) in [5.41, 5.74) is 1.90. The van der Waals surface area contributed by atoms with Gasteiger partial charge in [0.25, 0.3) is 5.56 Å². The molecule has 3 aromatic rings. The number of halogens is 2. The van der Waals surface area contributed by atoms with Gasteiger partial charge in [-0.1, -0.05) is 41.1 Å². The van der Waals surface area contributed by atoms with Crippen molar-refractivity contribution < 1.29 is 19.0 Å². The molecule has 7 nitrogen and oxygen atoms in total. The van der Waals surface area contributed by atoms with Crippen LogP contribution in [-0.4, -0.2) is 30.4 Å². The van der Waals surface area contributed by atoms with E-state index in [0.29, 0.717) is 42.7 Å². The highest BCUT2D eigenvalue weighted by atomic mass is 127. The lowest BCUT2D eigenvalue weighted by Gasteiger charge is -2.25. The lowest BCUT2D eigenvalue weighted by atomic mass is 9.96. The number of allylic oxidation sites excluding steroid dienone is 1. The molecule has 0 fully saturated rings. The predicted octanol–water partition coefficient (Wildman–Crippen LogP) is 4.85. The smallest absolute Gasteiger partial charge is 0.338 e. The molecule has 4 rings (SSSR count). The molecule has 0 spiro atoms. The van der Waals surface area contributed by atoms with E-state index in [9.17, 15) is 9.59 Å². The van der Waals surface area contributed by atoms with Crippen LogP contribution in [0, 0.1) is 3.57 Å². The Hall–Kier alpha value is -2.63. The zero-order valence-corrected chi connectivity index (χ0v) is 24.7. The van der Waals surface area contributed by atoms with Crippen LogP contribution in [0.1, 0.15) is 44.9 Å². The maximum atomic E-state index is 13.8. The quantitative estimate of drug-likeness (QED) is 0.270. The number of aromatic nitrogens is 1. The van der Waals surface area contributed by atoms with Crippen molar-refractivity contribution in [2.75, 3.05) is 13.7 Å². The van der Waals surface area contributed by atoms with Crippen molar-refractivity contribution >= 4 is 57.6 Å². The van der Waals surface area contributed by atoms with Crippen LogP contribution in [0.15, 0.2) is 57.5 Å². The first-order chi connectivity index (χ1) is 17.7. The number of carbonyl (C=O) groups is 1. The van der Waals surface area contributed by atoms with Crippen molar-refractivity contribution in [1.82, 2.24) is 4.57 Å². The Morgan fingerprint density at radius 2 is 2.03 bits per heavy atom. The third-order valence-electron chi connectivity index (χ3n) is 5.62. The molecule has 0 unspecified atom stereocenters. The highest BCUT2D eigenvalue weighted by Gasteiger charge is 2.34. The Morgan fingerprint density at radius 1 is 1.30 bits per heavy atom. The fourth-order valence-electron chi connectivity index (χ4n) is 4.11. The zero-order valence-electron chi connectivity index (χ0n) is 21.0. The topological polar surface area (TPSA) is 79.1 Å². The van der Waals surface area contributed by atoms with Crippen molar-refractivity contribution in [3.8, 4) is 11.5 Å². The van der Waals surface area contributed by atoms with Crippen molar-refractivity contribution in [2.45, 2.75) is 39.8 Å². The summed E-state index contributed by atoms with van der Waals surface area (Å²) in [5.74, 6) is 0.710. The summed E-state index contributed by atoms with van der Waals surface area (Å²) in [6.45, 7) is 7.58. The van der Waals surface area contributed by atoms with Crippen LogP contribution in [0.25, 0.3) is 6.08 Å². The van der Waals surface area contributed by atoms with E-state index >= 15 is 0 Å². The Kier molecular flexibility index (Phi) is 8.45. The van der Waals surface area contributed by atoms with Gasteiger partial charge >= 0.3 is 5.97 Å². The molecule has 10 heteroatoms. The van der Waals surface area contributed by atoms with Crippen LogP contribution in [-0.2, 0) is 9.53 Å². The maximum absolute atomic E-state index is 13.8. The van der Waals surface area contributed by atoms with E-state index < -0.39 is 12.0 Å². The number of rotatable bonds is 7. The van der Waals surface area contributed by atoms with Gasteiger partial charge in [-0.25, -0.2) is 9.79 Å². The van der Waals surface area contributed by atoms with Gasteiger partial charge in [0.2, 0.25) is 0 Å². The predicted molar refractivity (Wildman–Crippen MR) is 153 cm³/mol. The number of hydrogen-bond donors (Lipinski definition) is 0. The fraction of sp³-hybridized carbons (Fsp3) is 0.296. The minimum Gasteiger partial charge on any atom is -0.493 e. The molecule has 1 aliphatic heterocycles. The van der Waals surface area contributed by atoms with Crippen LogP contribution in [0.2, 0.25) is 5.02 Å². The minimum atomic E-state index is -0.761. The monoisotopic (exact) mass is 652 g/mol. The van der Waals surface area contributed by atoms with E-state index in [4.69, 9.17) is 25.8 Å². The summed E-state index contributed by atoms with van der Waals surface area (Å²) in [6.07, 6.45) is 1.78. The summed E-state index contributed by atoms with van der Waals surface area (Å²) in [4.78, 5) is 31.9. The van der Waals surface area contributed by atoms with Crippen molar-refractivity contribution in [3.05, 3.63) is 87.1 Å². The van der Waals surface area contributed by atoms with Crippen molar-refractivity contribution in [1.29, 1.82) is 0 Å². The number of esters is 1. The first-order valence-corrected chi connectivity index (χ1v) is 13.9. The largest absolute Gasteiger partial charge is 0.493 e. The molecule has 194 valence electrons. The Bertz CT molecular complexity index is 1570. The van der Waals surface area contributed by atoms with Gasteiger partial charge in [0.05, 0.1) is 39.2 Å². The Balaban J connectivity index is 1.93. The number of hydrogen-bond acceptors (Lipinski definition) is 7. The fourth-order valence-corrected chi connectivity index (χ4v) is 6.15. The van der Waals surface area contributed by atoms with Gasteiger partial charge in [-0.2, -0.15) is 0 Å². The second-order valence-electron chi connectivity index (χ2n) is 8.52. The number of nitrogens with zero attached hydrogens (tertiary/aromatic N) is 2. The summed E-state index contributed by atoms with van der Waals surface area (Å²) < 4.78 is 19.7. The number of thiazole rings is 1. The summed E-state index contributed by atoms with van der Waals surface area (Å²) >= 11 is 10.0. The Labute approximate surface area is 237 Å². The molecule has 0 amide bonds. The number of carbonyl (C=O) groups excluding carboxylic acids is 1. The molecule has 2 heterocycles. The number of ether oxygens (including phenoxy) is 3. The van der Waals surface area contributed by atoms with E-state index in [1.807, 2.05) is 38.1 Å². The van der Waals surface area contributed by atoms with E-state index in [0.717, 1.165) is 9.13 Å². The third-order valence-corrected chi connectivity index (χ3v) is 7.75. The second-order valence-corrected chi connectivity index (χ2v) is 11.1. The third kappa shape index (κ3) is 5.49. The zero-order chi connectivity index (χ0) is 26.9. The lowest BCUT2D eigenvalue weighted by Crippen LogP contribution is -2.40. The van der Waals surface area contributed by atoms with E-state index in [1.165, 1.54) is 15.9 Å². The average molecular weight is 653 g/mol. The van der Waals surface area contributed by atoms with Gasteiger partial charge in [-0.15, -0.1) is 0 Å². The number of fused-ring (bicyclic) bond motifs is 1. The lowest BCUT2D eigenvalue weighted by molar-refractivity contribution is -0.139. The van der Waals surface area contributed by atoms with Gasteiger partial charge in [0.1, 0.15) is 6.04 Å². The van der Waals surface area contributed by atoms with Gasteiger partial charge in [0, 0.05) is 5.02 Å². The molecule has 37 heavy (non-hydrogen) atoms. The van der Waals surface area contributed by atoms with Gasteiger partial charge in [0.15, 0.2) is 16.3 Å². The number of methoxy groups -OCH3 is 1. The summed E-state index contributed by atoms with van der Waals surface area (Å²) in [5, 5.41) is 0.443. The van der Waals surface area contributed by atoms with Crippen LogP contribution >= 0.6 is 45.5 Å². The SMILES string of the molecule is CCOC(=O)C1=C(C)N=c2s/c(=C\c3cc(I)c(OC(C)C)c(OC)c3)c(=O)n2[C@@H]1c1ccccc1Cl. The normalized spacial score (nSPS) is 15.5. The van der Waals surface area contributed by atoms with E-state index in [2.05, 4.69) is 27.6 Å². The highest BCUT2D eigenvalue weighted by Crippen LogP contribution is 2.36. The highest BCUT2D eigenvalue weighted by molar-refractivity contribution is 14.1. The average Bonchev–Trinajstić information content (AvgIpc) is 3.14. The van der Waals surface area contributed by atoms with Gasteiger partial charge in [-0.3, -0.25) is 9.36 Å². The molecule has 1 aromatic heterocycles. The second kappa shape index (κ2) is 11.4. The van der Waals surface area contributed by atoms with Crippen molar-refractivity contribution in [2.24, 2.45) is 4.99 Å². The summed E-state index contributed by atoms with van der Waals surface area (Å²) in [6, 6.07) is 10.2. The Morgan fingerprint density at radius 3 is 2.68 bits per heavy atom. The summed E-state index contributed by atoms with van der Waals surface area (Å²) in [7, 11) is 1.58. The van der Waals surface area contributed by atoms with Crippen LogP contribution in [0.3, 0.4) is 0 Å². The van der Waals surface area contributed by atoms with Gasteiger partial charge < -0.3 is 14.2 Å². The van der Waals surface area contributed by atoms with Crippen LogP contribution in [0.4, 0.5) is 0 Å². The first kappa shape index (κ1) is 27.4. The minimum absolute atomic E-state index is 0.0152. The molecule has 0 saturated carbocycles. The molecule has 1 aliphatic rings. The van der Waals surface area contributed by atoms with Crippen LogP contribution in [0.5, 0.6) is 11.5 Å². The molecule has 0 N–H and O–H groups in total. The first-order valence-electron chi connectivity index (χ1n) is 11.6. The van der Waals surface area contributed by atoms with E-state index in [1.54, 1.807) is 39.2 Å². The molecular weight excluding hydrogens is 627 g/mol. The molecule has 0 saturated heterocycles. The molecule has 2 aromatic carbocycles. The molecule has 0 bridgehead atoms. The molecular formula is C27H26ClIN2O5S. The van der Waals surface area contributed by atoms with Crippen molar-refractivity contribution in [3.63, 3.8) is 0 Å². The molecule has 0 radical (unpaired) electrons. The molecule has 0 aliphatic carbocycles. The van der Waals surface area contributed by atoms with Crippen LogP contribution < -0.4 is 24.4 Å².